The molecule has 0 radical (unpaired) electrons. The van der Waals surface area contributed by atoms with Crippen LogP contribution in [0.3, 0.4) is 0 Å². The summed E-state index contributed by atoms with van der Waals surface area (Å²) in [5, 5.41) is 33.4. The van der Waals surface area contributed by atoms with E-state index in [0.717, 1.165) is 39.3 Å². The van der Waals surface area contributed by atoms with Crippen LogP contribution in [0.1, 0.15) is 0 Å². The molecule has 3 aliphatic heterocycles. The molecular formula is C15H20N4O7. The Morgan fingerprint density at radius 3 is 1.85 bits per heavy atom. The molecule has 4 rings (SSSR count). The maximum absolute atomic E-state index is 12.4. The first kappa shape index (κ1) is 18.3. The van der Waals surface area contributed by atoms with Crippen LogP contribution in [0.5, 0.6) is 0 Å². The van der Waals surface area contributed by atoms with Crippen LogP contribution in [0.2, 0.25) is 0 Å². The molecule has 3 saturated heterocycles. The van der Waals surface area contributed by atoms with Crippen LogP contribution >= 0.6 is 0 Å². The minimum Gasteiger partial charge on any atom is -0.480 e. The van der Waals surface area contributed by atoms with Crippen molar-refractivity contribution in [1.29, 1.82) is 0 Å². The number of nitrogens with zero attached hydrogens (tertiary/aromatic N) is 3. The lowest BCUT2D eigenvalue weighted by Crippen LogP contribution is -2.46. The van der Waals surface area contributed by atoms with E-state index < -0.39 is 18.6 Å². The zero-order valence-electron chi connectivity index (χ0n) is 13.9. The van der Waals surface area contributed by atoms with Gasteiger partial charge in [0, 0.05) is 45.3 Å². The molecule has 4 aliphatic rings. The van der Waals surface area contributed by atoms with Gasteiger partial charge >= 0.3 is 12.1 Å². The second-order valence-electron chi connectivity index (χ2n) is 6.26. The number of carbonyl (C=O) groups is 3. The Hall–Kier alpha value is -2.47. The van der Waals surface area contributed by atoms with Crippen LogP contribution in [0.4, 0.5) is 0 Å². The average Bonchev–Trinajstić information content (AvgIpc) is 3.34. The molecule has 11 nitrogen and oxygen atoms in total. The number of hydrogen-bond acceptors (Lipinski definition) is 10. The molecule has 0 atom stereocenters. The first-order valence-corrected chi connectivity index (χ1v) is 8.11. The zero-order chi connectivity index (χ0) is 19.1. The van der Waals surface area contributed by atoms with Gasteiger partial charge in [-0.3, -0.25) is 14.4 Å². The van der Waals surface area contributed by atoms with E-state index >= 15 is 0 Å². The number of allylic oxidation sites excluding steroid dienone is 1. The molecule has 3 fully saturated rings. The Balaban J connectivity index is 0.000000188. The van der Waals surface area contributed by atoms with Crippen molar-refractivity contribution in [3.63, 3.8) is 0 Å². The maximum Gasteiger partial charge on any atom is 0.343 e. The largest absolute Gasteiger partial charge is 0.480 e. The quantitative estimate of drug-likeness (QED) is 0.180. The minimum absolute atomic E-state index is 0.00546. The van der Waals surface area contributed by atoms with Gasteiger partial charge in [-0.1, -0.05) is 0 Å². The minimum atomic E-state index is -3.10. The zero-order valence-corrected chi connectivity index (χ0v) is 13.9. The summed E-state index contributed by atoms with van der Waals surface area (Å²) in [7, 11) is 0. The first-order chi connectivity index (χ1) is 12.2. The number of carbonyl (C=O) groups excluding carboxylic acids is 2. The number of aliphatic hydroxyl groups is 3. The number of ketones is 2. The summed E-state index contributed by atoms with van der Waals surface area (Å²) >= 11 is 0. The molecule has 142 valence electrons. The fourth-order valence-electron chi connectivity index (χ4n) is 2.47. The van der Waals surface area contributed by atoms with E-state index in [4.69, 9.17) is 20.4 Å². The Labute approximate surface area is 148 Å². The van der Waals surface area contributed by atoms with Crippen LogP contribution in [-0.4, -0.2) is 105 Å². The van der Waals surface area contributed by atoms with E-state index in [1.165, 1.54) is 11.4 Å². The number of aliphatic carboxylic acids is 1. The van der Waals surface area contributed by atoms with Crippen molar-refractivity contribution in [2.75, 3.05) is 45.8 Å². The lowest BCUT2D eigenvalue weighted by Gasteiger charge is -2.21. The molecule has 0 aromatic heterocycles. The summed E-state index contributed by atoms with van der Waals surface area (Å²) in [4.78, 5) is 40.1. The highest BCUT2D eigenvalue weighted by Crippen LogP contribution is 2.33. The summed E-state index contributed by atoms with van der Waals surface area (Å²) in [5.74, 6) is -1.25. The van der Waals surface area contributed by atoms with Crippen LogP contribution in [-0.2, 0) is 14.4 Å². The van der Waals surface area contributed by atoms with Gasteiger partial charge in [-0.25, -0.2) is 5.32 Å². The van der Waals surface area contributed by atoms with Crippen LogP contribution < -0.4 is 5.32 Å². The summed E-state index contributed by atoms with van der Waals surface area (Å²) < 4.78 is 0. The van der Waals surface area contributed by atoms with Gasteiger partial charge in [-0.15, -0.1) is 0 Å². The van der Waals surface area contributed by atoms with E-state index in [0.29, 0.717) is 17.1 Å². The number of rotatable bonds is 6. The van der Waals surface area contributed by atoms with E-state index in [-0.39, 0.29) is 11.6 Å². The predicted molar refractivity (Wildman–Crippen MR) is 84.9 cm³/mol. The lowest BCUT2D eigenvalue weighted by atomic mass is 10.0. The number of carboxylic acids is 1. The van der Waals surface area contributed by atoms with Crippen molar-refractivity contribution < 1.29 is 34.8 Å². The molecule has 0 amide bonds. The van der Waals surface area contributed by atoms with E-state index in [9.17, 15) is 14.4 Å². The van der Waals surface area contributed by atoms with Gasteiger partial charge in [-0.2, -0.15) is 0 Å². The molecule has 0 aromatic carbocycles. The molecule has 26 heavy (non-hydrogen) atoms. The third kappa shape index (κ3) is 4.58. The van der Waals surface area contributed by atoms with Gasteiger partial charge in [-0.05, 0) is 0 Å². The molecule has 0 unspecified atom stereocenters. The van der Waals surface area contributed by atoms with Crippen LogP contribution in [0, 0.1) is 0 Å². The predicted octanol–water partition coefficient (Wildman–Crippen LogP) is -3.57. The smallest absolute Gasteiger partial charge is 0.343 e. The lowest BCUT2D eigenvalue weighted by molar-refractivity contribution is -0.330. The van der Waals surface area contributed by atoms with E-state index in [1.54, 1.807) is 0 Å². The summed E-state index contributed by atoms with van der Waals surface area (Å²) in [5.41, 5.74) is 1.89. The molecular weight excluding hydrogens is 348 g/mol. The Morgan fingerprint density at radius 1 is 0.962 bits per heavy atom. The summed E-state index contributed by atoms with van der Waals surface area (Å²) in [6, 6.07) is 0. The highest BCUT2D eigenvalue weighted by Gasteiger charge is 2.43. The number of Topliss-reactive ketones (excluding diaryl/α,β-unsaturated/α-hetero) is 1. The molecule has 3 heterocycles. The summed E-state index contributed by atoms with van der Waals surface area (Å²) in [6.07, 6.45) is -1.58. The highest BCUT2D eigenvalue weighted by atomic mass is 16.7. The van der Waals surface area contributed by atoms with Crippen LogP contribution in [0.25, 0.3) is 0 Å². The molecule has 5 N–H and O–H groups in total. The second kappa shape index (κ2) is 6.68. The Kier molecular flexibility index (Phi) is 4.71. The van der Waals surface area contributed by atoms with Crippen molar-refractivity contribution >= 4 is 17.5 Å². The topological polar surface area (TPSA) is 153 Å². The fraction of sp³-hybridized carbons (Fsp3) is 0.533. The third-order valence-electron chi connectivity index (χ3n) is 3.96. The Morgan fingerprint density at radius 2 is 1.46 bits per heavy atom. The van der Waals surface area contributed by atoms with Crippen molar-refractivity contribution in [3.05, 3.63) is 23.2 Å². The molecule has 0 saturated carbocycles. The SMILES string of the molecule is O=C(O)CNC(O)(O)O.O=C1C=C(N2CC2)C(=O)C(N2CC2)=C1N1CC1. The standard InChI is InChI=1S/C12H13N3O2.C3H7NO5/c16-9-7-8(13-1-2-13)12(17)11(15-5-6-15)10(9)14-3-4-14;5-2(6)1-4-3(7,8)9/h7H,1-6H2;4,7-9H,1H2,(H,5,6). The van der Waals surface area contributed by atoms with Gasteiger partial charge in [0.1, 0.15) is 17.9 Å². The normalized spacial score (nSPS) is 21.3. The summed E-state index contributed by atoms with van der Waals surface area (Å²) in [6.45, 7) is 4.69. The monoisotopic (exact) mass is 368 g/mol. The van der Waals surface area contributed by atoms with Gasteiger partial charge in [0.05, 0.1) is 5.70 Å². The fourth-order valence-corrected chi connectivity index (χ4v) is 2.47. The number of hydrogen-bond donors (Lipinski definition) is 5. The molecule has 0 aromatic rings. The molecule has 0 bridgehead atoms. The molecule has 1 aliphatic carbocycles. The van der Waals surface area contributed by atoms with Gasteiger partial charge in [0.2, 0.25) is 11.6 Å². The maximum atomic E-state index is 12.4. The van der Waals surface area contributed by atoms with Gasteiger partial charge < -0.3 is 35.1 Å². The first-order valence-electron chi connectivity index (χ1n) is 8.11. The highest BCUT2D eigenvalue weighted by molar-refractivity contribution is 6.22. The van der Waals surface area contributed by atoms with Crippen molar-refractivity contribution in [2.24, 2.45) is 0 Å². The van der Waals surface area contributed by atoms with Crippen molar-refractivity contribution in [3.8, 4) is 0 Å². The third-order valence-corrected chi connectivity index (χ3v) is 3.96. The van der Waals surface area contributed by atoms with Gasteiger partial charge in [0.25, 0.3) is 0 Å². The van der Waals surface area contributed by atoms with E-state index in [1.807, 2.05) is 14.7 Å². The number of carboxylic acid groups (broad SMARTS) is 1. The molecule has 0 spiro atoms. The van der Waals surface area contributed by atoms with Gasteiger partial charge in [0.15, 0.2) is 0 Å². The number of nitrogens with one attached hydrogen (secondary N) is 1. The average molecular weight is 368 g/mol. The Bertz CT molecular complexity index is 697. The van der Waals surface area contributed by atoms with Crippen molar-refractivity contribution in [1.82, 2.24) is 20.0 Å². The van der Waals surface area contributed by atoms with Crippen LogP contribution in [0.15, 0.2) is 23.2 Å². The van der Waals surface area contributed by atoms with E-state index in [2.05, 4.69) is 0 Å². The molecule has 11 heteroatoms. The second-order valence-corrected chi connectivity index (χ2v) is 6.26. The van der Waals surface area contributed by atoms with Crippen molar-refractivity contribution in [2.45, 2.75) is 6.10 Å².